The predicted octanol–water partition coefficient (Wildman–Crippen LogP) is 2.33. The van der Waals surface area contributed by atoms with Gasteiger partial charge in [0.2, 0.25) is 5.43 Å². The molecule has 0 N–H and O–H groups in total. The Balaban J connectivity index is 1.84. The quantitative estimate of drug-likeness (QED) is 0.639. The van der Waals surface area contributed by atoms with Crippen molar-refractivity contribution in [3.05, 3.63) is 34.5 Å². The molecule has 1 aliphatic heterocycles. The molecule has 2 rings (SSSR count). The highest BCUT2D eigenvalue weighted by atomic mass is 32.2. The standard InChI is InChI=1S/C19H28O6S2/c20-19-17-3-1-2-4-18(19)27-16-14-25-12-10-23-8-6-21-5-7-22-9-11-24-13-15-26-17/h1-4H,5-16H2. The van der Waals surface area contributed by atoms with E-state index in [0.29, 0.717) is 66.1 Å². The van der Waals surface area contributed by atoms with Crippen LogP contribution >= 0.6 is 23.5 Å². The molecule has 0 unspecified atom stereocenters. The van der Waals surface area contributed by atoms with Crippen LogP contribution in [0.5, 0.6) is 0 Å². The lowest BCUT2D eigenvalue weighted by molar-refractivity contribution is -0.00903. The molecule has 0 amide bonds. The first-order chi connectivity index (χ1) is 13.4. The van der Waals surface area contributed by atoms with Gasteiger partial charge in [0.25, 0.3) is 0 Å². The molecule has 0 saturated heterocycles. The highest BCUT2D eigenvalue weighted by Gasteiger charge is 2.05. The summed E-state index contributed by atoms with van der Waals surface area (Å²) in [5.74, 6) is 1.46. The number of hydrogen-bond donors (Lipinski definition) is 0. The summed E-state index contributed by atoms with van der Waals surface area (Å²) in [4.78, 5) is 14.1. The van der Waals surface area contributed by atoms with E-state index in [1.807, 2.05) is 24.3 Å². The van der Waals surface area contributed by atoms with Crippen molar-refractivity contribution in [2.45, 2.75) is 9.79 Å². The molecule has 1 heterocycles. The minimum absolute atomic E-state index is 0.0730. The fourth-order valence-electron chi connectivity index (χ4n) is 2.19. The summed E-state index contributed by atoms with van der Waals surface area (Å²) >= 11 is 3.05. The third-order valence-electron chi connectivity index (χ3n) is 3.51. The van der Waals surface area contributed by atoms with Crippen molar-refractivity contribution in [2.24, 2.45) is 0 Å². The maximum Gasteiger partial charge on any atom is 0.205 e. The Hall–Kier alpha value is -0.610. The Bertz CT molecular complexity index is 526. The molecule has 0 spiro atoms. The van der Waals surface area contributed by atoms with E-state index in [9.17, 15) is 4.79 Å². The molecule has 8 heteroatoms. The van der Waals surface area contributed by atoms with Crippen LogP contribution in [-0.2, 0) is 23.7 Å². The SMILES string of the molecule is O=c1c2ccccc1SCCOCCOCCOCCOCCOCCS2. The first-order valence-electron chi connectivity index (χ1n) is 9.15. The second-order valence-electron chi connectivity index (χ2n) is 5.53. The van der Waals surface area contributed by atoms with Crippen LogP contribution in [0.2, 0.25) is 0 Å². The lowest BCUT2D eigenvalue weighted by Gasteiger charge is -2.08. The third-order valence-corrected chi connectivity index (χ3v) is 5.52. The fourth-order valence-corrected chi connectivity index (χ4v) is 3.93. The van der Waals surface area contributed by atoms with E-state index in [0.717, 1.165) is 21.3 Å². The number of fused-ring (bicyclic) bond motifs is 2. The molecule has 0 fully saturated rings. The van der Waals surface area contributed by atoms with Gasteiger partial charge in [-0.15, -0.1) is 23.5 Å². The molecule has 0 atom stereocenters. The van der Waals surface area contributed by atoms with Crippen LogP contribution in [0.3, 0.4) is 0 Å². The van der Waals surface area contributed by atoms with Gasteiger partial charge >= 0.3 is 0 Å². The molecular formula is C19H28O6S2. The molecule has 0 aromatic heterocycles. The van der Waals surface area contributed by atoms with Crippen LogP contribution in [0.1, 0.15) is 0 Å². The monoisotopic (exact) mass is 416 g/mol. The highest BCUT2D eigenvalue weighted by Crippen LogP contribution is 2.18. The van der Waals surface area contributed by atoms with Gasteiger partial charge in [0.1, 0.15) is 0 Å². The van der Waals surface area contributed by atoms with Crippen LogP contribution in [0.4, 0.5) is 0 Å². The molecule has 27 heavy (non-hydrogen) atoms. The molecule has 6 nitrogen and oxygen atoms in total. The third kappa shape index (κ3) is 10.5. The van der Waals surface area contributed by atoms with Crippen LogP contribution in [0, 0.1) is 0 Å². The number of thioether (sulfide) groups is 2. The summed E-state index contributed by atoms with van der Waals surface area (Å²) in [5.41, 5.74) is 0.0730. The summed E-state index contributed by atoms with van der Waals surface area (Å²) in [7, 11) is 0. The van der Waals surface area contributed by atoms with E-state index in [2.05, 4.69) is 0 Å². The second kappa shape index (κ2) is 15.3. The lowest BCUT2D eigenvalue weighted by Crippen LogP contribution is -2.14. The first-order valence-corrected chi connectivity index (χ1v) is 11.1. The minimum Gasteiger partial charge on any atom is -0.378 e. The van der Waals surface area contributed by atoms with E-state index in [1.165, 1.54) is 23.5 Å². The zero-order valence-electron chi connectivity index (χ0n) is 15.6. The van der Waals surface area contributed by atoms with Crippen LogP contribution < -0.4 is 5.43 Å². The van der Waals surface area contributed by atoms with E-state index < -0.39 is 0 Å². The average molecular weight is 417 g/mol. The van der Waals surface area contributed by atoms with Crippen molar-refractivity contribution in [3.63, 3.8) is 0 Å². The summed E-state index contributed by atoms with van der Waals surface area (Å²) in [6.45, 7) is 5.50. The normalized spacial score (nSPS) is 20.1. The zero-order chi connectivity index (χ0) is 19.0. The van der Waals surface area contributed by atoms with Crippen LogP contribution in [0.25, 0.3) is 0 Å². The molecule has 1 aromatic carbocycles. The zero-order valence-corrected chi connectivity index (χ0v) is 17.2. The maximum atomic E-state index is 12.6. The van der Waals surface area contributed by atoms with Crippen molar-refractivity contribution < 1.29 is 23.7 Å². The number of ether oxygens (including phenoxy) is 5. The van der Waals surface area contributed by atoms with Crippen LogP contribution in [-0.4, -0.2) is 77.6 Å². The highest BCUT2D eigenvalue weighted by molar-refractivity contribution is 8.00. The van der Waals surface area contributed by atoms with Gasteiger partial charge in [-0.1, -0.05) is 12.1 Å². The molecule has 0 saturated carbocycles. The van der Waals surface area contributed by atoms with E-state index in [-0.39, 0.29) is 5.43 Å². The summed E-state index contributed by atoms with van der Waals surface area (Å²) in [6, 6.07) is 7.54. The molecule has 1 aromatic rings. The minimum atomic E-state index is 0.0730. The van der Waals surface area contributed by atoms with Gasteiger partial charge in [0.15, 0.2) is 0 Å². The Morgan fingerprint density at radius 3 is 1.26 bits per heavy atom. The van der Waals surface area contributed by atoms with Gasteiger partial charge in [-0.2, -0.15) is 0 Å². The van der Waals surface area contributed by atoms with Gasteiger partial charge < -0.3 is 23.7 Å². The Morgan fingerprint density at radius 2 is 0.889 bits per heavy atom. The number of hydrogen-bond acceptors (Lipinski definition) is 8. The molecule has 1 aliphatic rings. The van der Waals surface area contributed by atoms with Crippen molar-refractivity contribution in [2.75, 3.05) is 77.6 Å². The van der Waals surface area contributed by atoms with Crippen molar-refractivity contribution in [1.29, 1.82) is 0 Å². The van der Waals surface area contributed by atoms with E-state index >= 15 is 0 Å². The van der Waals surface area contributed by atoms with E-state index in [4.69, 9.17) is 23.7 Å². The molecule has 0 radical (unpaired) electrons. The van der Waals surface area contributed by atoms with Crippen LogP contribution in [0.15, 0.2) is 38.9 Å². The van der Waals surface area contributed by atoms with Gasteiger partial charge in [-0.3, -0.25) is 4.79 Å². The smallest absolute Gasteiger partial charge is 0.205 e. The largest absolute Gasteiger partial charge is 0.378 e. The van der Waals surface area contributed by atoms with Crippen molar-refractivity contribution in [3.8, 4) is 0 Å². The Morgan fingerprint density at radius 1 is 0.556 bits per heavy atom. The molecule has 152 valence electrons. The van der Waals surface area contributed by atoms with Crippen molar-refractivity contribution >= 4 is 23.5 Å². The van der Waals surface area contributed by atoms with Gasteiger partial charge in [0.05, 0.1) is 75.9 Å². The molecule has 2 bridgehead atoms. The van der Waals surface area contributed by atoms with Gasteiger partial charge in [0, 0.05) is 11.5 Å². The number of rotatable bonds is 0. The summed E-state index contributed by atoms with van der Waals surface area (Å²) in [6.07, 6.45) is 0. The summed E-state index contributed by atoms with van der Waals surface area (Å²) in [5, 5.41) is 0. The predicted molar refractivity (Wildman–Crippen MR) is 108 cm³/mol. The topological polar surface area (TPSA) is 63.2 Å². The first kappa shape index (κ1) is 22.7. The Kier molecular flexibility index (Phi) is 12.9. The molecule has 0 aliphatic carbocycles. The maximum absolute atomic E-state index is 12.6. The average Bonchev–Trinajstić information content (AvgIpc) is 2.85. The summed E-state index contributed by atoms with van der Waals surface area (Å²) < 4.78 is 27.4. The van der Waals surface area contributed by atoms with Gasteiger partial charge in [-0.25, -0.2) is 0 Å². The van der Waals surface area contributed by atoms with E-state index in [1.54, 1.807) is 0 Å². The fraction of sp³-hybridized carbons (Fsp3) is 0.632. The lowest BCUT2D eigenvalue weighted by atomic mass is 10.5. The van der Waals surface area contributed by atoms with Crippen molar-refractivity contribution in [1.82, 2.24) is 0 Å². The Labute approximate surface area is 169 Å². The molecular weight excluding hydrogens is 388 g/mol. The second-order valence-corrected chi connectivity index (χ2v) is 7.81. The van der Waals surface area contributed by atoms with Gasteiger partial charge in [-0.05, 0) is 12.1 Å².